The normalized spacial score (nSPS) is 16.9. The topological polar surface area (TPSA) is 97.3 Å². The van der Waals surface area contributed by atoms with Crippen LogP contribution >= 0.6 is 24.0 Å². The van der Waals surface area contributed by atoms with Gasteiger partial charge in [-0.3, -0.25) is 0 Å². The van der Waals surface area contributed by atoms with E-state index < -0.39 is 0 Å². The van der Waals surface area contributed by atoms with E-state index >= 15 is 0 Å². The molecule has 11 heteroatoms. The van der Waals surface area contributed by atoms with Crippen LogP contribution in [-0.4, -0.2) is 44.4 Å². The third kappa shape index (κ3) is 5.48. The molecule has 4 heterocycles. The minimum absolute atomic E-state index is 0.254. The summed E-state index contributed by atoms with van der Waals surface area (Å²) in [4.78, 5) is 20.4. The number of thiocarbonyl (C=S) groups is 1. The fourth-order valence-electron chi connectivity index (χ4n) is 3.92. The van der Waals surface area contributed by atoms with Crippen LogP contribution in [0.3, 0.4) is 0 Å². The molecule has 0 aliphatic carbocycles. The molecule has 0 radical (unpaired) electrons. The Morgan fingerprint density at radius 2 is 2.00 bits per heavy atom. The van der Waals surface area contributed by atoms with Gasteiger partial charge < -0.3 is 25.0 Å². The summed E-state index contributed by atoms with van der Waals surface area (Å²) in [5, 5.41) is 8.19. The Bertz CT molecular complexity index is 1170. The van der Waals surface area contributed by atoms with Crippen molar-refractivity contribution >= 4 is 40.9 Å². The molecular weight excluding hydrogens is 470 g/mol. The molecule has 2 N–H and O–H groups in total. The number of nitrogens with one attached hydrogen (secondary N) is 2. The number of piperidine rings is 1. The lowest BCUT2D eigenvalue weighted by Crippen LogP contribution is -2.38. The Balaban J connectivity index is 1.31. The van der Waals surface area contributed by atoms with E-state index in [1.807, 2.05) is 24.3 Å². The highest BCUT2D eigenvalue weighted by molar-refractivity contribution is 7.99. The smallest absolute Gasteiger partial charge is 0.232 e. The van der Waals surface area contributed by atoms with Gasteiger partial charge >= 0.3 is 0 Å². The van der Waals surface area contributed by atoms with E-state index in [0.29, 0.717) is 28.8 Å². The zero-order valence-corrected chi connectivity index (χ0v) is 20.4. The van der Waals surface area contributed by atoms with Gasteiger partial charge in [-0.15, -0.1) is 0 Å². The zero-order valence-electron chi connectivity index (χ0n) is 18.7. The maximum atomic E-state index is 5.53. The van der Waals surface area contributed by atoms with Crippen LogP contribution in [0.15, 0.2) is 52.9 Å². The van der Waals surface area contributed by atoms with E-state index in [1.54, 1.807) is 18.5 Å². The van der Waals surface area contributed by atoms with Crippen molar-refractivity contribution in [2.45, 2.75) is 49.0 Å². The summed E-state index contributed by atoms with van der Waals surface area (Å²) >= 11 is 6.93. The fraction of sp³-hybridized carbons (Fsp3) is 0.348. The van der Waals surface area contributed by atoms with E-state index in [0.717, 1.165) is 47.3 Å². The van der Waals surface area contributed by atoms with Crippen LogP contribution in [0.2, 0.25) is 0 Å². The second-order valence-electron chi connectivity index (χ2n) is 8.05. The van der Waals surface area contributed by atoms with Gasteiger partial charge in [0.2, 0.25) is 12.7 Å². The Morgan fingerprint density at radius 3 is 2.85 bits per heavy atom. The molecule has 34 heavy (non-hydrogen) atoms. The lowest BCUT2D eigenvalue weighted by molar-refractivity contribution is 0.174. The molecule has 0 spiro atoms. The summed E-state index contributed by atoms with van der Waals surface area (Å²) in [5.74, 6) is 2.82. The van der Waals surface area contributed by atoms with E-state index in [9.17, 15) is 0 Å². The van der Waals surface area contributed by atoms with Crippen LogP contribution in [-0.2, 0) is 6.54 Å². The van der Waals surface area contributed by atoms with Crippen molar-refractivity contribution < 1.29 is 9.47 Å². The maximum absolute atomic E-state index is 5.53. The lowest BCUT2D eigenvalue weighted by Gasteiger charge is -2.34. The molecule has 3 aromatic rings. The van der Waals surface area contributed by atoms with Crippen LogP contribution in [0.4, 0.5) is 11.8 Å². The molecular formula is C23H25N7O2S2. The first-order valence-corrected chi connectivity index (χ1v) is 12.4. The number of fused-ring (bicyclic) bond motifs is 1. The fourth-order valence-corrected chi connectivity index (χ4v) is 4.79. The SMILES string of the molecule is C[C@@H]1CCCCN1c1cc(Sc2ncccn2)nc(NC(=S)NCc2ccc3c(c2)OCO3)n1. The second kappa shape index (κ2) is 10.4. The van der Waals surface area contributed by atoms with Gasteiger partial charge in [-0.2, -0.15) is 4.98 Å². The Labute approximate surface area is 207 Å². The lowest BCUT2D eigenvalue weighted by atomic mass is 10.0. The van der Waals surface area contributed by atoms with E-state index in [4.69, 9.17) is 26.7 Å². The first kappa shape index (κ1) is 22.6. The molecule has 9 nitrogen and oxygen atoms in total. The summed E-state index contributed by atoms with van der Waals surface area (Å²) in [5.41, 5.74) is 1.03. The summed E-state index contributed by atoms with van der Waals surface area (Å²) in [6.07, 6.45) is 6.97. The van der Waals surface area contributed by atoms with Crippen LogP contribution in [0.25, 0.3) is 0 Å². The van der Waals surface area contributed by atoms with Crippen LogP contribution in [0, 0.1) is 0 Å². The highest BCUT2D eigenvalue weighted by Gasteiger charge is 2.22. The second-order valence-corrected chi connectivity index (χ2v) is 9.45. The largest absolute Gasteiger partial charge is 0.454 e. The van der Waals surface area contributed by atoms with E-state index in [1.165, 1.54) is 18.2 Å². The Hall–Kier alpha value is -3.18. The van der Waals surface area contributed by atoms with Crippen molar-refractivity contribution in [1.29, 1.82) is 0 Å². The van der Waals surface area contributed by atoms with Gasteiger partial charge in [0.1, 0.15) is 10.8 Å². The van der Waals surface area contributed by atoms with Crippen molar-refractivity contribution in [1.82, 2.24) is 25.3 Å². The van der Waals surface area contributed by atoms with E-state index in [-0.39, 0.29) is 6.79 Å². The molecule has 2 aliphatic heterocycles. The van der Waals surface area contributed by atoms with Crippen LogP contribution < -0.4 is 25.0 Å². The molecule has 0 amide bonds. The summed E-state index contributed by atoms with van der Waals surface area (Å²) < 4.78 is 10.8. The van der Waals surface area contributed by atoms with Crippen molar-refractivity contribution in [3.05, 3.63) is 48.3 Å². The highest BCUT2D eigenvalue weighted by Crippen LogP contribution is 2.32. The molecule has 1 saturated heterocycles. The molecule has 0 saturated carbocycles. The number of hydrogen-bond donors (Lipinski definition) is 2. The average molecular weight is 496 g/mol. The van der Waals surface area contributed by atoms with Gasteiger partial charge in [-0.25, -0.2) is 15.0 Å². The maximum Gasteiger partial charge on any atom is 0.232 e. The highest BCUT2D eigenvalue weighted by atomic mass is 32.2. The monoisotopic (exact) mass is 495 g/mol. The standard InChI is InChI=1S/C23H25N7O2S2/c1-15-5-2-3-10-30(15)19-12-20(34-23-24-8-4-9-25-23)28-21(27-19)29-22(33)26-13-16-6-7-17-18(11-16)32-14-31-17/h4,6-9,11-12,15H,2-3,5,10,13-14H2,1H3,(H2,26,27,28,29,33)/t15-/m1/s1. The zero-order chi connectivity index (χ0) is 23.3. The number of hydrogen-bond acceptors (Lipinski definition) is 9. The van der Waals surface area contributed by atoms with Crippen LogP contribution in [0.1, 0.15) is 31.7 Å². The van der Waals surface area contributed by atoms with Crippen molar-refractivity contribution in [3.63, 3.8) is 0 Å². The van der Waals surface area contributed by atoms with Crippen molar-refractivity contribution in [2.24, 2.45) is 0 Å². The minimum Gasteiger partial charge on any atom is -0.454 e. The molecule has 1 fully saturated rings. The summed E-state index contributed by atoms with van der Waals surface area (Å²) in [6.45, 7) is 3.99. The molecule has 176 valence electrons. The number of anilines is 2. The number of ether oxygens (including phenoxy) is 2. The van der Waals surface area contributed by atoms with Gasteiger partial charge in [0, 0.05) is 37.6 Å². The number of rotatable bonds is 6. The Morgan fingerprint density at radius 1 is 1.15 bits per heavy atom. The van der Waals surface area contributed by atoms with Gasteiger partial charge in [-0.1, -0.05) is 6.07 Å². The van der Waals surface area contributed by atoms with Gasteiger partial charge in [0.25, 0.3) is 0 Å². The Kier molecular flexibility index (Phi) is 6.91. The molecule has 2 aromatic heterocycles. The first-order valence-electron chi connectivity index (χ1n) is 11.2. The molecule has 0 bridgehead atoms. The molecule has 2 aliphatic rings. The predicted molar refractivity (Wildman–Crippen MR) is 134 cm³/mol. The molecule has 5 rings (SSSR count). The molecule has 0 unspecified atom stereocenters. The molecule has 1 atom stereocenters. The predicted octanol–water partition coefficient (Wildman–Crippen LogP) is 4.01. The van der Waals surface area contributed by atoms with Gasteiger partial charge in [0.05, 0.1) is 0 Å². The third-order valence-electron chi connectivity index (χ3n) is 5.64. The van der Waals surface area contributed by atoms with Crippen LogP contribution in [0.5, 0.6) is 11.5 Å². The molecule has 1 aromatic carbocycles. The minimum atomic E-state index is 0.254. The number of aromatic nitrogens is 4. The first-order chi connectivity index (χ1) is 16.6. The van der Waals surface area contributed by atoms with E-state index in [2.05, 4.69) is 37.4 Å². The average Bonchev–Trinajstić information content (AvgIpc) is 3.31. The summed E-state index contributed by atoms with van der Waals surface area (Å²) in [7, 11) is 0. The van der Waals surface area contributed by atoms with Gasteiger partial charge in [0.15, 0.2) is 21.8 Å². The van der Waals surface area contributed by atoms with Crippen molar-refractivity contribution in [2.75, 3.05) is 23.6 Å². The summed E-state index contributed by atoms with van der Waals surface area (Å²) in [6, 6.07) is 10.0. The third-order valence-corrected chi connectivity index (χ3v) is 6.70. The number of nitrogens with zero attached hydrogens (tertiary/aromatic N) is 5. The van der Waals surface area contributed by atoms with Crippen molar-refractivity contribution in [3.8, 4) is 11.5 Å². The van der Waals surface area contributed by atoms with Gasteiger partial charge in [-0.05, 0) is 73.9 Å². The number of benzene rings is 1. The quantitative estimate of drug-likeness (QED) is 0.295.